The molecule has 0 aliphatic carbocycles. The largest absolute Gasteiger partial charge is 0.477 e. The van der Waals surface area contributed by atoms with Crippen LogP contribution in [0.2, 0.25) is 9.36 Å². The lowest BCUT2D eigenvalue weighted by atomic mass is 10.0. The number of benzene rings is 1. The summed E-state index contributed by atoms with van der Waals surface area (Å²) in [6.45, 7) is 3.07. The number of rotatable bonds is 10. The number of nitrogens with one attached hydrogen (secondary N) is 2. The van der Waals surface area contributed by atoms with Gasteiger partial charge in [0.2, 0.25) is 0 Å². The predicted molar refractivity (Wildman–Crippen MR) is 189 cm³/mol. The van der Waals surface area contributed by atoms with E-state index in [0.29, 0.717) is 29.8 Å². The molecule has 2 atom stereocenters. The molecule has 5 N–H and O–H groups in total. The van der Waals surface area contributed by atoms with Gasteiger partial charge in [-0.25, -0.2) is 14.2 Å². The minimum atomic E-state index is -1.26. The highest BCUT2D eigenvalue weighted by molar-refractivity contribution is 8.00. The van der Waals surface area contributed by atoms with Gasteiger partial charge in [-0.2, -0.15) is 0 Å². The van der Waals surface area contributed by atoms with Gasteiger partial charge in [-0.15, -0.1) is 21.1 Å². The monoisotopic (exact) mass is 777 g/mol. The molecule has 0 bridgehead atoms. The second-order valence-electron chi connectivity index (χ2n) is 12.2. The number of halogens is 3. The maximum absolute atomic E-state index is 15.4. The number of nitrogen functional groups attached to an aromatic ring is 1. The summed E-state index contributed by atoms with van der Waals surface area (Å²) in [6.07, 6.45) is 3.83. The summed E-state index contributed by atoms with van der Waals surface area (Å²) in [4.78, 5) is 53.0. The number of carboxylic acids is 1. The molecule has 2 aromatic heterocycles. The van der Waals surface area contributed by atoms with E-state index in [0.717, 1.165) is 43.1 Å². The van der Waals surface area contributed by atoms with Crippen LogP contribution in [0.15, 0.2) is 40.8 Å². The Kier molecular flexibility index (Phi) is 9.59. The van der Waals surface area contributed by atoms with Crippen molar-refractivity contribution >= 4 is 86.6 Å². The molecule has 0 unspecified atom stereocenters. The average molecular weight is 779 g/mol. The summed E-state index contributed by atoms with van der Waals surface area (Å²) < 4.78 is 19.4. The molecule has 20 heteroatoms. The van der Waals surface area contributed by atoms with Crippen LogP contribution in [-0.2, 0) is 38.9 Å². The summed E-state index contributed by atoms with van der Waals surface area (Å²) in [5, 5.41) is 24.8. The molecule has 0 spiro atoms. The van der Waals surface area contributed by atoms with E-state index in [1.807, 2.05) is 31.4 Å². The molecule has 51 heavy (non-hydrogen) atoms. The van der Waals surface area contributed by atoms with Crippen LogP contribution >= 0.6 is 46.3 Å². The highest BCUT2D eigenvalue weighted by Crippen LogP contribution is 2.41. The van der Waals surface area contributed by atoms with Gasteiger partial charge in [0, 0.05) is 53.7 Å². The summed E-state index contributed by atoms with van der Waals surface area (Å²) in [6, 6.07) is 3.87. The number of amidine groups is 1. The van der Waals surface area contributed by atoms with E-state index in [-0.39, 0.29) is 56.3 Å². The number of hydrogen-bond acceptors (Lipinski definition) is 11. The van der Waals surface area contributed by atoms with Crippen LogP contribution < -0.4 is 20.6 Å². The standard InChI is InChI=1S/C31H31Cl2FN10O5S2/c1-49-39-22(21-25(33)51-31(36)38-21)27(45)37-23-28(46)44-24(30(47)48)16(14-50-29(23)44)12-42-7-4-20-41(8-9-43(20)42)13-17-18(32)10-15(11-19(17)34)26(35)40-5-2-3-6-40/h4,7,10-11,23,29,35H,2-3,5-6,8-9,12-14H2,1H3,(H3-,36,37,38,45,47,48)/p+1/b35-26?,39-22-/t23-,29-/m1/s1. The lowest BCUT2D eigenvalue weighted by Gasteiger charge is -2.49. The van der Waals surface area contributed by atoms with Crippen molar-refractivity contribution in [3.63, 3.8) is 0 Å². The zero-order valence-corrected chi connectivity index (χ0v) is 30.2. The lowest BCUT2D eigenvalue weighted by molar-refractivity contribution is -0.766. The van der Waals surface area contributed by atoms with Gasteiger partial charge in [0.25, 0.3) is 11.8 Å². The van der Waals surface area contributed by atoms with E-state index in [9.17, 15) is 19.5 Å². The number of oxime groups is 1. The molecular weight excluding hydrogens is 746 g/mol. The fourth-order valence-electron chi connectivity index (χ4n) is 6.75. The van der Waals surface area contributed by atoms with E-state index in [1.54, 1.807) is 6.07 Å². The van der Waals surface area contributed by atoms with Crippen LogP contribution in [0.25, 0.3) is 0 Å². The molecule has 2 amide bonds. The Morgan fingerprint density at radius 1 is 1.25 bits per heavy atom. The van der Waals surface area contributed by atoms with Gasteiger partial charge in [-0.05, 0) is 25.0 Å². The fraction of sp³-hybridized carbons (Fsp3) is 0.387. The SMILES string of the molecule is CO/N=C(\C(=O)N[C@@H]1C(=O)N2C(C(=O)O)=C(C[n+]3ccc4n3CCN4Cc3c(F)cc(C(=N)N4CCCC4)cc3Cl)CS[C@H]12)c1nc(N)sc1Cl. The molecule has 4 aliphatic heterocycles. The number of carboxylic acid groups (broad SMARTS) is 1. The Morgan fingerprint density at radius 2 is 2.02 bits per heavy atom. The number of aromatic nitrogens is 3. The zero-order valence-electron chi connectivity index (χ0n) is 27.1. The van der Waals surface area contributed by atoms with Crippen LogP contribution in [0.5, 0.6) is 0 Å². The van der Waals surface area contributed by atoms with Crippen molar-refractivity contribution < 1.29 is 33.4 Å². The Balaban J connectivity index is 1.05. The number of anilines is 2. The molecule has 6 heterocycles. The quantitative estimate of drug-likeness (QED) is 0.0784. The molecule has 2 fully saturated rings. The molecular formula is C31H32Cl2FN10O5S2+. The van der Waals surface area contributed by atoms with Crippen molar-refractivity contribution in [3.05, 3.63) is 67.7 Å². The Labute approximate surface area is 308 Å². The van der Waals surface area contributed by atoms with E-state index < -0.39 is 35.0 Å². The fourth-order valence-corrected chi connectivity index (χ4v) is 9.28. The number of aliphatic carboxylic acids is 1. The first kappa shape index (κ1) is 35.0. The number of amides is 2. The normalized spacial score (nSPS) is 20.0. The number of nitrogens with two attached hydrogens (primary N) is 1. The Hall–Kier alpha value is -4.39. The molecule has 0 saturated carbocycles. The summed E-state index contributed by atoms with van der Waals surface area (Å²) in [7, 11) is 1.24. The molecule has 4 aliphatic rings. The van der Waals surface area contributed by atoms with Crippen molar-refractivity contribution in [1.29, 1.82) is 5.41 Å². The number of hydrogen-bond donors (Lipinski definition) is 4. The van der Waals surface area contributed by atoms with Gasteiger partial charge in [0.1, 0.15) is 45.9 Å². The number of thioether (sulfide) groups is 1. The van der Waals surface area contributed by atoms with Crippen LogP contribution in [0.4, 0.5) is 15.3 Å². The van der Waals surface area contributed by atoms with Gasteiger partial charge >= 0.3 is 5.97 Å². The summed E-state index contributed by atoms with van der Waals surface area (Å²) >= 11 is 15.0. The number of likely N-dealkylation sites (tertiary alicyclic amines) is 1. The molecule has 3 aromatic rings. The maximum atomic E-state index is 15.4. The van der Waals surface area contributed by atoms with Gasteiger partial charge in [0.15, 0.2) is 29.4 Å². The van der Waals surface area contributed by atoms with E-state index in [1.165, 1.54) is 29.8 Å². The van der Waals surface area contributed by atoms with Crippen molar-refractivity contribution in [2.24, 2.45) is 5.16 Å². The second kappa shape index (κ2) is 14.0. The minimum absolute atomic E-state index is 0.00242. The van der Waals surface area contributed by atoms with Crippen molar-refractivity contribution in [2.75, 3.05) is 43.1 Å². The number of carbonyl (C=O) groups is 3. The highest BCUT2D eigenvalue weighted by atomic mass is 35.5. The first-order valence-corrected chi connectivity index (χ1v) is 18.5. The lowest BCUT2D eigenvalue weighted by Crippen LogP contribution is -2.71. The first-order valence-electron chi connectivity index (χ1n) is 15.9. The third-order valence-electron chi connectivity index (χ3n) is 9.18. The topological polar surface area (TPSA) is 186 Å². The van der Waals surface area contributed by atoms with Crippen LogP contribution in [0, 0.1) is 11.2 Å². The third-order valence-corrected chi connectivity index (χ3v) is 11.9. The number of carbonyl (C=O) groups excluding carboxylic acids is 2. The third kappa shape index (κ3) is 6.38. The van der Waals surface area contributed by atoms with E-state index >= 15 is 4.39 Å². The molecule has 1 aromatic carbocycles. The number of thiazole rings is 1. The van der Waals surface area contributed by atoms with Gasteiger partial charge in [-0.1, -0.05) is 39.7 Å². The first-order chi connectivity index (χ1) is 24.5. The molecule has 15 nitrogen and oxygen atoms in total. The number of nitrogens with zero attached hydrogens (tertiary/aromatic N) is 7. The summed E-state index contributed by atoms with van der Waals surface area (Å²) in [5.74, 6) is -1.75. The van der Waals surface area contributed by atoms with Gasteiger partial charge in [0.05, 0.1) is 12.6 Å². The minimum Gasteiger partial charge on any atom is -0.477 e. The average Bonchev–Trinajstić information content (AvgIpc) is 3.91. The zero-order chi connectivity index (χ0) is 36.1. The molecule has 268 valence electrons. The smallest absolute Gasteiger partial charge is 0.352 e. The number of fused-ring (bicyclic) bond motifs is 2. The molecule has 7 rings (SSSR count). The Morgan fingerprint density at radius 3 is 2.69 bits per heavy atom. The number of β-lactam (4-membered cyclic amide) rings is 1. The molecule has 0 radical (unpaired) electrons. The van der Waals surface area contributed by atoms with Gasteiger partial charge in [-0.3, -0.25) is 19.9 Å². The van der Waals surface area contributed by atoms with E-state index in [2.05, 4.69) is 15.5 Å². The van der Waals surface area contributed by atoms with Crippen molar-refractivity contribution in [2.45, 2.75) is 43.9 Å². The van der Waals surface area contributed by atoms with Crippen molar-refractivity contribution in [3.8, 4) is 0 Å². The van der Waals surface area contributed by atoms with Crippen LogP contribution in [-0.4, -0.2) is 97.8 Å². The van der Waals surface area contributed by atoms with Gasteiger partial charge < -0.3 is 30.8 Å². The molecule has 2 saturated heterocycles. The van der Waals surface area contributed by atoms with Crippen molar-refractivity contribution in [1.82, 2.24) is 24.8 Å². The predicted octanol–water partition coefficient (Wildman–Crippen LogP) is 2.49. The van der Waals surface area contributed by atoms with Crippen LogP contribution in [0.1, 0.15) is 29.7 Å². The summed E-state index contributed by atoms with van der Waals surface area (Å²) in [5.41, 5.74) is 6.60. The van der Waals surface area contributed by atoms with E-state index in [4.69, 9.17) is 39.2 Å². The highest BCUT2D eigenvalue weighted by Gasteiger charge is 2.55. The second-order valence-corrected chi connectivity index (χ2v) is 15.3. The maximum Gasteiger partial charge on any atom is 0.352 e. The Bertz CT molecular complexity index is 2010. The van der Waals surface area contributed by atoms with Crippen LogP contribution in [0.3, 0.4) is 0 Å².